The maximum atomic E-state index is 5.87. The van der Waals surface area contributed by atoms with Crippen LogP contribution in [0.3, 0.4) is 0 Å². The largest absolute Gasteiger partial charge is 0.488 e. The van der Waals surface area contributed by atoms with Gasteiger partial charge in [0, 0.05) is 26.4 Å². The molecule has 1 aliphatic rings. The van der Waals surface area contributed by atoms with Gasteiger partial charge in [-0.15, -0.1) is 11.8 Å². The molecular weight excluding hydrogens is 208 g/mol. The molecule has 1 aromatic rings. The van der Waals surface area contributed by atoms with Gasteiger partial charge in [-0.25, -0.2) is 4.98 Å². The van der Waals surface area contributed by atoms with Crippen LogP contribution in [0.4, 0.5) is 5.69 Å². The van der Waals surface area contributed by atoms with Crippen LogP contribution in [-0.2, 0) is 0 Å². The first kappa shape index (κ1) is 10.6. The SMILES string of the molecule is CSc1nccc(OC2CC2)c1N(C)C. The summed E-state index contributed by atoms with van der Waals surface area (Å²) in [5.74, 6) is 0.960. The van der Waals surface area contributed by atoms with Crippen LogP contribution in [0.2, 0.25) is 0 Å². The number of ether oxygens (including phenoxy) is 1. The Hall–Kier alpha value is -0.900. The molecule has 0 N–H and O–H groups in total. The summed E-state index contributed by atoms with van der Waals surface area (Å²) in [6.45, 7) is 0. The highest BCUT2D eigenvalue weighted by Gasteiger charge is 2.25. The molecule has 82 valence electrons. The summed E-state index contributed by atoms with van der Waals surface area (Å²) in [4.78, 5) is 6.41. The van der Waals surface area contributed by atoms with E-state index < -0.39 is 0 Å². The number of anilines is 1. The summed E-state index contributed by atoms with van der Waals surface area (Å²) >= 11 is 1.65. The van der Waals surface area contributed by atoms with Gasteiger partial charge in [-0.05, 0) is 19.1 Å². The minimum absolute atomic E-state index is 0.431. The standard InChI is InChI=1S/C11H16N2OS/c1-13(2)10-9(14-8-4-5-8)6-7-12-11(10)15-3/h6-8H,4-5H2,1-3H3. The van der Waals surface area contributed by atoms with Gasteiger partial charge in [0.1, 0.15) is 16.5 Å². The van der Waals surface area contributed by atoms with Crippen LogP contribution in [0, 0.1) is 0 Å². The van der Waals surface area contributed by atoms with Crippen molar-refractivity contribution in [2.75, 3.05) is 25.3 Å². The van der Waals surface area contributed by atoms with E-state index in [-0.39, 0.29) is 0 Å². The predicted octanol–water partition coefficient (Wildman–Crippen LogP) is 2.41. The van der Waals surface area contributed by atoms with Crippen molar-refractivity contribution in [3.05, 3.63) is 12.3 Å². The molecule has 0 aromatic carbocycles. The summed E-state index contributed by atoms with van der Waals surface area (Å²) in [7, 11) is 4.05. The minimum Gasteiger partial charge on any atom is -0.488 e. The van der Waals surface area contributed by atoms with Gasteiger partial charge < -0.3 is 9.64 Å². The van der Waals surface area contributed by atoms with Crippen molar-refractivity contribution in [2.24, 2.45) is 0 Å². The Labute approximate surface area is 94.8 Å². The molecule has 2 rings (SSSR count). The maximum absolute atomic E-state index is 5.87. The van der Waals surface area contributed by atoms with Crippen molar-refractivity contribution in [1.82, 2.24) is 4.98 Å². The molecule has 0 spiro atoms. The fourth-order valence-electron chi connectivity index (χ4n) is 1.44. The minimum atomic E-state index is 0.431. The average Bonchev–Trinajstić information content (AvgIpc) is 3.01. The van der Waals surface area contributed by atoms with Crippen LogP contribution in [0.25, 0.3) is 0 Å². The molecule has 0 amide bonds. The molecule has 0 saturated heterocycles. The van der Waals surface area contributed by atoms with Gasteiger partial charge in [-0.3, -0.25) is 0 Å². The Balaban J connectivity index is 2.32. The maximum Gasteiger partial charge on any atom is 0.147 e. The lowest BCUT2D eigenvalue weighted by molar-refractivity contribution is 0.303. The molecule has 15 heavy (non-hydrogen) atoms. The van der Waals surface area contributed by atoms with E-state index in [9.17, 15) is 0 Å². The summed E-state index contributed by atoms with van der Waals surface area (Å²) in [6, 6.07) is 1.95. The third-order valence-electron chi connectivity index (χ3n) is 2.31. The highest BCUT2D eigenvalue weighted by atomic mass is 32.2. The second kappa shape index (κ2) is 4.31. The molecule has 1 fully saturated rings. The zero-order valence-electron chi connectivity index (χ0n) is 9.36. The van der Waals surface area contributed by atoms with Crippen LogP contribution < -0.4 is 9.64 Å². The third-order valence-corrected chi connectivity index (χ3v) is 3.00. The highest BCUT2D eigenvalue weighted by molar-refractivity contribution is 7.98. The number of hydrogen-bond donors (Lipinski definition) is 0. The molecule has 1 saturated carbocycles. The van der Waals surface area contributed by atoms with Gasteiger partial charge in [0.2, 0.25) is 0 Å². The van der Waals surface area contributed by atoms with E-state index in [2.05, 4.69) is 9.88 Å². The zero-order valence-corrected chi connectivity index (χ0v) is 10.2. The molecule has 0 aliphatic heterocycles. The third kappa shape index (κ3) is 2.37. The molecule has 0 unspecified atom stereocenters. The van der Waals surface area contributed by atoms with Crippen LogP contribution in [0.1, 0.15) is 12.8 Å². The van der Waals surface area contributed by atoms with Gasteiger partial charge in [0.05, 0.1) is 6.10 Å². The van der Waals surface area contributed by atoms with E-state index in [1.165, 1.54) is 12.8 Å². The van der Waals surface area contributed by atoms with Gasteiger partial charge >= 0.3 is 0 Å². The number of hydrogen-bond acceptors (Lipinski definition) is 4. The molecule has 1 heterocycles. The van der Waals surface area contributed by atoms with Crippen molar-refractivity contribution in [1.29, 1.82) is 0 Å². The molecule has 0 bridgehead atoms. The highest BCUT2D eigenvalue weighted by Crippen LogP contribution is 2.37. The summed E-state index contributed by atoms with van der Waals surface area (Å²) in [5.41, 5.74) is 1.09. The van der Waals surface area contributed by atoms with E-state index in [4.69, 9.17) is 4.74 Å². The van der Waals surface area contributed by atoms with E-state index >= 15 is 0 Å². The Morgan fingerprint density at radius 2 is 2.20 bits per heavy atom. The normalized spacial score (nSPS) is 15.1. The summed E-state index contributed by atoms with van der Waals surface area (Å²) in [6.07, 6.45) is 6.65. The van der Waals surface area contributed by atoms with Crippen LogP contribution in [0.5, 0.6) is 5.75 Å². The quantitative estimate of drug-likeness (QED) is 0.733. The number of nitrogens with zero attached hydrogens (tertiary/aromatic N) is 2. The van der Waals surface area contributed by atoms with Gasteiger partial charge in [-0.1, -0.05) is 0 Å². The Bertz CT molecular complexity index is 350. The first-order chi connectivity index (χ1) is 7.22. The molecule has 1 aromatic heterocycles. The molecule has 0 atom stereocenters. The Morgan fingerprint density at radius 1 is 1.47 bits per heavy atom. The summed E-state index contributed by atoms with van der Waals surface area (Å²) in [5, 5.41) is 1.03. The Morgan fingerprint density at radius 3 is 2.73 bits per heavy atom. The number of rotatable bonds is 4. The molecule has 4 heteroatoms. The predicted molar refractivity (Wildman–Crippen MR) is 64.0 cm³/mol. The van der Waals surface area contributed by atoms with Crippen molar-refractivity contribution in [3.63, 3.8) is 0 Å². The van der Waals surface area contributed by atoms with Crippen molar-refractivity contribution in [2.45, 2.75) is 24.0 Å². The smallest absolute Gasteiger partial charge is 0.147 e. The van der Waals surface area contributed by atoms with E-state index in [1.807, 2.05) is 32.6 Å². The van der Waals surface area contributed by atoms with Crippen molar-refractivity contribution in [3.8, 4) is 5.75 Å². The Kier molecular flexibility index (Phi) is 3.05. The van der Waals surface area contributed by atoms with Crippen molar-refractivity contribution < 1.29 is 4.74 Å². The molecule has 0 radical (unpaired) electrons. The second-order valence-electron chi connectivity index (χ2n) is 3.88. The number of pyridine rings is 1. The first-order valence-electron chi connectivity index (χ1n) is 5.09. The van der Waals surface area contributed by atoms with E-state index in [0.29, 0.717) is 6.10 Å². The second-order valence-corrected chi connectivity index (χ2v) is 4.67. The van der Waals surface area contributed by atoms with Crippen LogP contribution in [0.15, 0.2) is 17.3 Å². The molecule has 3 nitrogen and oxygen atoms in total. The van der Waals surface area contributed by atoms with Gasteiger partial charge in [-0.2, -0.15) is 0 Å². The average molecular weight is 224 g/mol. The van der Waals surface area contributed by atoms with Gasteiger partial charge in [0.15, 0.2) is 0 Å². The topological polar surface area (TPSA) is 25.4 Å². The lowest BCUT2D eigenvalue weighted by atomic mass is 10.3. The molecule has 1 aliphatic carbocycles. The van der Waals surface area contributed by atoms with Crippen LogP contribution >= 0.6 is 11.8 Å². The molecular formula is C11H16N2OS. The van der Waals surface area contributed by atoms with E-state index in [1.54, 1.807) is 11.8 Å². The lowest BCUT2D eigenvalue weighted by Crippen LogP contribution is -2.13. The van der Waals surface area contributed by atoms with E-state index in [0.717, 1.165) is 16.5 Å². The van der Waals surface area contributed by atoms with Crippen LogP contribution in [-0.4, -0.2) is 31.4 Å². The van der Waals surface area contributed by atoms with Crippen molar-refractivity contribution >= 4 is 17.4 Å². The zero-order chi connectivity index (χ0) is 10.8. The fourth-order valence-corrected chi connectivity index (χ4v) is 2.08. The fraction of sp³-hybridized carbons (Fsp3) is 0.545. The monoisotopic (exact) mass is 224 g/mol. The summed E-state index contributed by atoms with van der Waals surface area (Å²) < 4.78 is 5.87. The van der Waals surface area contributed by atoms with Gasteiger partial charge in [0.25, 0.3) is 0 Å². The number of aromatic nitrogens is 1. The first-order valence-corrected chi connectivity index (χ1v) is 6.32. The number of thioether (sulfide) groups is 1. The lowest BCUT2D eigenvalue weighted by Gasteiger charge is -2.19.